The number of hydrogen-bond donors (Lipinski definition) is 0. The van der Waals surface area contributed by atoms with Crippen LogP contribution in [-0.2, 0) is 9.84 Å². The first kappa shape index (κ1) is 14.3. The average Bonchev–Trinajstić information content (AvgIpc) is 2.08. The van der Waals surface area contributed by atoms with Gasteiger partial charge in [0.15, 0.2) is 0 Å². The fourth-order valence-electron chi connectivity index (χ4n) is 2.02. The highest BCUT2D eigenvalue weighted by molar-refractivity contribution is 7.90. The normalized spacial score (nSPS) is 17.7. The van der Waals surface area contributed by atoms with E-state index in [1.807, 2.05) is 0 Å². The van der Waals surface area contributed by atoms with E-state index in [2.05, 4.69) is 4.90 Å². The van der Waals surface area contributed by atoms with Crippen molar-refractivity contribution in [3.8, 4) is 0 Å². The molecule has 1 fully saturated rings. The minimum absolute atomic E-state index is 0.303. The maximum absolute atomic E-state index is 11.0. The van der Waals surface area contributed by atoms with Crippen LogP contribution in [0.25, 0.3) is 0 Å². The predicted molar refractivity (Wildman–Crippen MR) is 68.9 cm³/mol. The van der Waals surface area contributed by atoms with Crippen LogP contribution in [0.15, 0.2) is 0 Å². The second-order valence-corrected chi connectivity index (χ2v) is 7.28. The Morgan fingerprint density at radius 2 is 1.88 bits per heavy atom. The summed E-state index contributed by atoms with van der Waals surface area (Å²) in [6.07, 6.45) is 6.89. The molecule has 0 N–H and O–H groups in total. The molecule has 96 valence electrons. The molecule has 0 heterocycles. The van der Waals surface area contributed by atoms with Gasteiger partial charge in [0, 0.05) is 18.2 Å². The van der Waals surface area contributed by atoms with Crippen LogP contribution < -0.4 is 0 Å². The Morgan fingerprint density at radius 3 is 2.31 bits per heavy atom. The van der Waals surface area contributed by atoms with Crippen molar-refractivity contribution in [2.24, 2.45) is 0 Å². The van der Waals surface area contributed by atoms with Gasteiger partial charge >= 0.3 is 0 Å². The Balaban J connectivity index is 2.26. The van der Waals surface area contributed by atoms with E-state index in [-0.39, 0.29) is 0 Å². The molecule has 0 spiro atoms. The van der Waals surface area contributed by atoms with Gasteiger partial charge in [0.1, 0.15) is 9.84 Å². The Bertz CT molecular complexity index is 288. The monoisotopic (exact) mass is 267 g/mol. The molecule has 0 radical (unpaired) electrons. The molecule has 0 bridgehead atoms. The van der Waals surface area contributed by atoms with E-state index in [0.29, 0.717) is 17.7 Å². The Morgan fingerprint density at radius 1 is 1.25 bits per heavy atom. The molecule has 0 unspecified atom stereocenters. The lowest BCUT2D eigenvalue weighted by atomic mass is 9.91. The summed E-state index contributed by atoms with van der Waals surface area (Å²) in [6.45, 7) is 1.91. The molecule has 1 saturated carbocycles. The SMILES string of the molecule is CS(=O)(=O)CCCN(CCCCl)C1CCC1. The van der Waals surface area contributed by atoms with E-state index in [1.54, 1.807) is 0 Å². The third-order valence-electron chi connectivity index (χ3n) is 3.13. The summed E-state index contributed by atoms with van der Waals surface area (Å²) < 4.78 is 22.1. The largest absolute Gasteiger partial charge is 0.300 e. The Hall–Kier alpha value is 0.200. The summed E-state index contributed by atoms with van der Waals surface area (Å²) in [7, 11) is -2.81. The third kappa shape index (κ3) is 5.51. The molecule has 0 aromatic carbocycles. The number of nitrogens with zero attached hydrogens (tertiary/aromatic N) is 1. The lowest BCUT2D eigenvalue weighted by Crippen LogP contribution is -2.41. The van der Waals surface area contributed by atoms with Crippen molar-refractivity contribution < 1.29 is 8.42 Å². The van der Waals surface area contributed by atoms with Gasteiger partial charge < -0.3 is 4.90 Å². The fourth-order valence-corrected chi connectivity index (χ4v) is 2.79. The van der Waals surface area contributed by atoms with Gasteiger partial charge in [-0.05, 0) is 38.8 Å². The van der Waals surface area contributed by atoms with Crippen LogP contribution in [-0.4, -0.2) is 50.3 Å². The minimum Gasteiger partial charge on any atom is -0.300 e. The average molecular weight is 268 g/mol. The lowest BCUT2D eigenvalue weighted by Gasteiger charge is -2.37. The molecule has 0 atom stereocenters. The van der Waals surface area contributed by atoms with Crippen LogP contribution in [0.1, 0.15) is 32.1 Å². The number of sulfone groups is 1. The Labute approximate surface area is 104 Å². The molecule has 0 aromatic heterocycles. The molecule has 1 aliphatic carbocycles. The van der Waals surface area contributed by atoms with E-state index in [4.69, 9.17) is 11.6 Å². The highest BCUT2D eigenvalue weighted by atomic mass is 35.5. The second kappa shape index (κ2) is 6.82. The Kier molecular flexibility index (Phi) is 6.08. The van der Waals surface area contributed by atoms with Gasteiger partial charge in [-0.25, -0.2) is 8.42 Å². The quantitative estimate of drug-likeness (QED) is 0.631. The molecular formula is C11H22ClNO2S. The van der Waals surface area contributed by atoms with E-state index >= 15 is 0 Å². The number of alkyl halides is 1. The molecule has 0 amide bonds. The van der Waals surface area contributed by atoms with Crippen LogP contribution in [0.2, 0.25) is 0 Å². The molecule has 1 aliphatic rings. The molecule has 0 aliphatic heterocycles. The van der Waals surface area contributed by atoms with Gasteiger partial charge in [-0.1, -0.05) is 6.42 Å². The van der Waals surface area contributed by atoms with Crippen LogP contribution in [0.4, 0.5) is 0 Å². The molecule has 16 heavy (non-hydrogen) atoms. The van der Waals surface area contributed by atoms with Gasteiger partial charge in [-0.3, -0.25) is 0 Å². The second-order valence-electron chi connectivity index (χ2n) is 4.65. The van der Waals surface area contributed by atoms with E-state index in [9.17, 15) is 8.42 Å². The maximum Gasteiger partial charge on any atom is 0.147 e. The standard InChI is InChI=1S/C11H22ClNO2S/c1-16(14,15)10-4-9-13(8-3-7-12)11-5-2-6-11/h11H,2-10H2,1H3. The topological polar surface area (TPSA) is 37.4 Å². The van der Waals surface area contributed by atoms with Gasteiger partial charge in [0.2, 0.25) is 0 Å². The van der Waals surface area contributed by atoms with Crippen LogP contribution >= 0.6 is 11.6 Å². The first-order chi connectivity index (χ1) is 7.53. The highest BCUT2D eigenvalue weighted by Gasteiger charge is 2.24. The van der Waals surface area contributed by atoms with Gasteiger partial charge in [-0.15, -0.1) is 11.6 Å². The molecule has 1 rings (SSSR count). The first-order valence-electron chi connectivity index (χ1n) is 6.00. The van der Waals surface area contributed by atoms with Gasteiger partial charge in [-0.2, -0.15) is 0 Å². The summed E-state index contributed by atoms with van der Waals surface area (Å²) in [5.41, 5.74) is 0. The summed E-state index contributed by atoms with van der Waals surface area (Å²) >= 11 is 5.70. The zero-order valence-electron chi connectivity index (χ0n) is 9.99. The molecular weight excluding hydrogens is 246 g/mol. The van der Waals surface area contributed by atoms with Crippen LogP contribution in [0, 0.1) is 0 Å². The van der Waals surface area contributed by atoms with E-state index < -0.39 is 9.84 Å². The van der Waals surface area contributed by atoms with Crippen molar-refractivity contribution in [3.63, 3.8) is 0 Å². The number of rotatable bonds is 8. The molecule has 3 nitrogen and oxygen atoms in total. The first-order valence-corrected chi connectivity index (χ1v) is 8.60. The van der Waals surface area contributed by atoms with E-state index in [0.717, 1.165) is 25.9 Å². The number of hydrogen-bond acceptors (Lipinski definition) is 3. The minimum atomic E-state index is -2.81. The smallest absolute Gasteiger partial charge is 0.147 e. The van der Waals surface area contributed by atoms with Crippen molar-refractivity contribution in [2.45, 2.75) is 38.1 Å². The van der Waals surface area contributed by atoms with Crippen LogP contribution in [0.3, 0.4) is 0 Å². The summed E-state index contributed by atoms with van der Waals surface area (Å²) in [5.74, 6) is 0.992. The van der Waals surface area contributed by atoms with Gasteiger partial charge in [0.25, 0.3) is 0 Å². The van der Waals surface area contributed by atoms with Crippen molar-refractivity contribution in [1.29, 1.82) is 0 Å². The number of halogens is 1. The van der Waals surface area contributed by atoms with Crippen molar-refractivity contribution in [3.05, 3.63) is 0 Å². The maximum atomic E-state index is 11.0. The van der Waals surface area contributed by atoms with Crippen molar-refractivity contribution in [2.75, 3.05) is 31.0 Å². The zero-order chi connectivity index (χ0) is 12.0. The molecule has 5 heteroatoms. The van der Waals surface area contributed by atoms with Crippen molar-refractivity contribution >= 4 is 21.4 Å². The lowest BCUT2D eigenvalue weighted by molar-refractivity contribution is 0.128. The third-order valence-corrected chi connectivity index (χ3v) is 4.43. The summed E-state index contributed by atoms with van der Waals surface area (Å²) in [6, 6.07) is 0.683. The summed E-state index contributed by atoms with van der Waals surface area (Å²) in [4.78, 5) is 2.41. The summed E-state index contributed by atoms with van der Waals surface area (Å²) in [5, 5.41) is 0. The zero-order valence-corrected chi connectivity index (χ0v) is 11.6. The highest BCUT2D eigenvalue weighted by Crippen LogP contribution is 2.25. The predicted octanol–water partition coefficient (Wildman–Crippen LogP) is 1.90. The van der Waals surface area contributed by atoms with E-state index in [1.165, 1.54) is 25.5 Å². The molecule has 0 aromatic rings. The van der Waals surface area contributed by atoms with Gasteiger partial charge in [0.05, 0.1) is 5.75 Å². The molecule has 0 saturated heterocycles. The fraction of sp³-hybridized carbons (Fsp3) is 1.00. The van der Waals surface area contributed by atoms with Crippen molar-refractivity contribution in [1.82, 2.24) is 4.90 Å². The van der Waals surface area contributed by atoms with Crippen LogP contribution in [0.5, 0.6) is 0 Å².